The smallest absolute Gasteiger partial charge is 0.489 e. The van der Waals surface area contributed by atoms with Crippen LogP contribution in [0.1, 0.15) is 66.2 Å². The van der Waals surface area contributed by atoms with Crippen molar-refractivity contribution < 1.29 is 51.4 Å². The first-order chi connectivity index (χ1) is 32.9. The normalized spacial score (nSPS) is 19.2. The molecule has 3 N–H and O–H groups in total. The first-order valence-electron chi connectivity index (χ1n) is 22.9. The Morgan fingerprint density at radius 2 is 1.77 bits per heavy atom. The van der Waals surface area contributed by atoms with Crippen LogP contribution in [-0.4, -0.2) is 128 Å². The number of nitro groups is 1. The number of rotatable bonds is 20. The second kappa shape index (κ2) is 22.9. The lowest BCUT2D eigenvalue weighted by atomic mass is 9.69. The Kier molecular flexibility index (Phi) is 17.0. The highest BCUT2D eigenvalue weighted by Crippen LogP contribution is 2.52. The molecule has 7 rings (SSSR count). The Labute approximate surface area is 407 Å². The first-order valence-corrected chi connectivity index (χ1v) is 23.7. The van der Waals surface area contributed by atoms with Crippen LogP contribution in [0.25, 0.3) is 0 Å². The van der Waals surface area contributed by atoms with Gasteiger partial charge in [0.1, 0.15) is 24.2 Å². The van der Waals surface area contributed by atoms with Gasteiger partial charge in [-0.25, -0.2) is 9.78 Å². The Morgan fingerprint density at radius 1 is 1.00 bits per heavy atom. The van der Waals surface area contributed by atoms with E-state index in [1.54, 1.807) is 36.2 Å². The number of ether oxygens (including phenoxy) is 5. The van der Waals surface area contributed by atoms with Crippen LogP contribution in [0.4, 0.5) is 40.8 Å². The van der Waals surface area contributed by atoms with Gasteiger partial charge >= 0.3 is 12.4 Å². The Bertz CT molecular complexity index is 2410. The molecule has 21 heteroatoms. The summed E-state index contributed by atoms with van der Waals surface area (Å²) in [5.41, 5.74) is 3.66. The molecule has 4 atom stereocenters. The zero-order valence-electron chi connectivity index (χ0n) is 39.0. The number of nitro benzene ring substituents is 1. The number of benzene rings is 3. The van der Waals surface area contributed by atoms with E-state index in [2.05, 4.69) is 65.3 Å². The number of urea groups is 1. The van der Waals surface area contributed by atoms with Crippen LogP contribution in [0, 0.1) is 35.3 Å². The molecule has 1 saturated heterocycles. The molecule has 2 fully saturated rings. The van der Waals surface area contributed by atoms with Crippen LogP contribution < -0.4 is 25.4 Å². The molecule has 3 unspecified atom stereocenters. The monoisotopic (exact) mass is 1030 g/mol. The van der Waals surface area contributed by atoms with Crippen LogP contribution in [-0.2, 0) is 14.2 Å². The van der Waals surface area contributed by atoms with Gasteiger partial charge in [0.05, 0.1) is 61.7 Å². The summed E-state index contributed by atoms with van der Waals surface area (Å²) in [6.07, 6.45) is 0.740. The zero-order valence-corrected chi connectivity index (χ0v) is 40.6. The third-order valence-corrected chi connectivity index (χ3v) is 13.5. The summed E-state index contributed by atoms with van der Waals surface area (Å²) in [4.78, 5) is 50.4. The molecule has 69 heavy (non-hydrogen) atoms. The number of nitrogens with one attached hydrogen (secondary N) is 3. The van der Waals surface area contributed by atoms with E-state index in [1.807, 2.05) is 13.0 Å². The number of non-ortho nitro benzene ring substituents is 1. The average molecular weight is 1030 g/mol. The fourth-order valence-electron chi connectivity index (χ4n) is 9.31. The molecule has 4 aromatic rings. The second-order valence-corrected chi connectivity index (χ2v) is 19.0. The van der Waals surface area contributed by atoms with E-state index < -0.39 is 23.6 Å². The topological polar surface area (TPSA) is 192 Å². The van der Waals surface area contributed by atoms with E-state index in [4.69, 9.17) is 18.9 Å². The lowest BCUT2D eigenvalue weighted by molar-refractivity contribution is -0.384. The van der Waals surface area contributed by atoms with Gasteiger partial charge in [0.25, 0.3) is 11.6 Å². The minimum absolute atomic E-state index is 0.0539. The summed E-state index contributed by atoms with van der Waals surface area (Å²) in [6.45, 7) is 12.3. The predicted molar refractivity (Wildman–Crippen MR) is 255 cm³/mol. The highest BCUT2D eigenvalue weighted by atomic mass is 79.9. The molecule has 3 heterocycles. The molecule has 372 valence electrons. The molecule has 1 saturated carbocycles. The highest BCUT2D eigenvalue weighted by molar-refractivity contribution is 9.10. The summed E-state index contributed by atoms with van der Waals surface area (Å²) < 4.78 is 67.7. The molecule has 0 bridgehead atoms. The van der Waals surface area contributed by atoms with Gasteiger partial charge in [0.2, 0.25) is 0 Å². The molecular formula is C48H58BrF3N8O9. The Hall–Kier alpha value is -5.61. The van der Waals surface area contributed by atoms with Gasteiger partial charge < -0.3 is 39.2 Å². The Balaban J connectivity index is 0.885. The maximum absolute atomic E-state index is 14.1. The van der Waals surface area contributed by atoms with Gasteiger partial charge in [-0.15, -0.1) is 13.2 Å². The number of fused-ring (bicyclic) bond motifs is 3. The van der Waals surface area contributed by atoms with Crippen molar-refractivity contribution in [1.29, 1.82) is 0 Å². The van der Waals surface area contributed by atoms with Crippen molar-refractivity contribution in [2.45, 2.75) is 71.4 Å². The third-order valence-electron chi connectivity index (χ3n) is 12.6. The summed E-state index contributed by atoms with van der Waals surface area (Å²) in [5, 5.41) is 20.8. The number of carbonyl (C=O) groups excluding carboxylic acids is 2. The molecule has 1 aliphatic carbocycles. The molecule has 2 aliphatic heterocycles. The highest BCUT2D eigenvalue weighted by Gasteiger charge is 2.47. The number of nitrogens with zero attached hydrogens (tertiary/aromatic N) is 5. The minimum Gasteiger partial charge on any atom is -0.489 e. The number of aromatic nitrogens is 2. The maximum atomic E-state index is 14.1. The number of halogens is 4. The van der Waals surface area contributed by atoms with Crippen LogP contribution in [0.15, 0.2) is 71.5 Å². The molecular weight excluding hydrogens is 969 g/mol. The lowest BCUT2D eigenvalue weighted by Gasteiger charge is -2.47. The van der Waals surface area contributed by atoms with Crippen LogP contribution in [0.3, 0.4) is 0 Å². The van der Waals surface area contributed by atoms with Crippen LogP contribution in [0.2, 0.25) is 0 Å². The Morgan fingerprint density at radius 3 is 2.49 bits per heavy atom. The van der Waals surface area contributed by atoms with Crippen molar-refractivity contribution in [3.63, 3.8) is 0 Å². The van der Waals surface area contributed by atoms with Gasteiger partial charge in [0, 0.05) is 72.0 Å². The van der Waals surface area contributed by atoms with Crippen molar-refractivity contribution in [3.8, 4) is 11.5 Å². The quantitative estimate of drug-likeness (QED) is 0.0432. The summed E-state index contributed by atoms with van der Waals surface area (Å²) in [7, 11) is 0. The summed E-state index contributed by atoms with van der Waals surface area (Å²) in [5.74, 6) is 0.305. The van der Waals surface area contributed by atoms with E-state index in [0.717, 1.165) is 58.4 Å². The maximum Gasteiger partial charge on any atom is 0.573 e. The molecule has 3 amide bonds. The molecule has 3 aliphatic rings. The first kappa shape index (κ1) is 51.2. The number of aryl methyl sites for hydroxylation is 2. The van der Waals surface area contributed by atoms with Crippen molar-refractivity contribution in [2.24, 2.45) is 11.3 Å². The molecule has 1 aromatic heterocycles. The fourth-order valence-corrected chi connectivity index (χ4v) is 9.65. The van der Waals surface area contributed by atoms with Crippen molar-refractivity contribution >= 4 is 50.7 Å². The predicted octanol–water partition coefficient (Wildman–Crippen LogP) is 8.97. The number of alkyl halides is 3. The molecule has 3 aromatic carbocycles. The lowest BCUT2D eigenvalue weighted by Crippen LogP contribution is -2.52. The number of amides is 3. The summed E-state index contributed by atoms with van der Waals surface area (Å²) >= 11 is 3.53. The average Bonchev–Trinajstić information content (AvgIpc) is 3.81. The van der Waals surface area contributed by atoms with Gasteiger partial charge in [-0.05, 0) is 92.1 Å². The number of anilines is 3. The van der Waals surface area contributed by atoms with E-state index in [9.17, 15) is 32.9 Å². The second-order valence-electron chi connectivity index (χ2n) is 18.2. The summed E-state index contributed by atoms with van der Waals surface area (Å²) in [6, 6.07) is 12.9. The number of hydrogen-bond acceptors (Lipinski definition) is 13. The van der Waals surface area contributed by atoms with Gasteiger partial charge in [0.15, 0.2) is 5.82 Å². The van der Waals surface area contributed by atoms with E-state index in [1.165, 1.54) is 24.4 Å². The van der Waals surface area contributed by atoms with Crippen molar-refractivity contribution in [3.05, 3.63) is 104 Å². The van der Waals surface area contributed by atoms with Gasteiger partial charge in [-0.2, -0.15) is 0 Å². The van der Waals surface area contributed by atoms with E-state index in [0.29, 0.717) is 63.3 Å². The molecule has 17 nitrogen and oxygen atoms in total. The number of hydrogen-bond donors (Lipinski definition) is 3. The van der Waals surface area contributed by atoms with Crippen LogP contribution in [0.5, 0.6) is 11.5 Å². The fraction of sp³-hybridized carbons (Fsp3) is 0.500. The van der Waals surface area contributed by atoms with E-state index in [-0.39, 0.29) is 72.4 Å². The SMILES string of the molecule is Cc1cnc(NC(=O)Nc2cc(Br)c(C)cc2OC[C@@H]2CN(CCOCCOCCN(CC(C)(C)C3Nc4ccc([N+](=O)[O-])cc4C4CCCC43)C(=O)c3ccc(OC(F)(F)F)cc3)CCO2)cn1. The standard InChI is InChI=1S/C48H58BrF3N8O9/c1-30-22-42(41(24-39(30)49)56-46(62)57-43-26-53-31(2)25-54-43)68-28-35-27-58(15-19-67-35)14-17-65-20-21-66-18-16-59(45(61)32-8-11-34(12-9-32)69-48(50,51)52)29-47(3,4)44-37-7-5-6-36(37)38-23-33(60(63)64)10-13-40(38)55-44/h8-13,22-26,35-37,44,55H,5-7,14-21,27-29H2,1-4H3,(H2,54,56,57,62)/t35-,36?,37?,44?/m0/s1. The number of carbonyl (C=O) groups is 2. The largest absolute Gasteiger partial charge is 0.573 e. The zero-order chi connectivity index (χ0) is 49.3. The number of morpholine rings is 1. The van der Waals surface area contributed by atoms with Crippen molar-refractivity contribution in [1.82, 2.24) is 19.8 Å². The minimum atomic E-state index is -4.87. The molecule has 0 radical (unpaired) electrons. The van der Waals surface area contributed by atoms with Gasteiger partial charge in [-0.1, -0.05) is 36.2 Å². The van der Waals surface area contributed by atoms with Crippen LogP contribution >= 0.6 is 15.9 Å². The van der Waals surface area contributed by atoms with Crippen molar-refractivity contribution in [2.75, 3.05) is 88.3 Å². The van der Waals surface area contributed by atoms with E-state index >= 15 is 0 Å². The van der Waals surface area contributed by atoms with Gasteiger partial charge in [-0.3, -0.25) is 30.1 Å². The molecule has 0 spiro atoms. The third kappa shape index (κ3) is 14.0.